The fraction of sp³-hybridized carbons (Fsp3) is 0.320. The Bertz CT molecular complexity index is 1460. The van der Waals surface area contributed by atoms with Gasteiger partial charge in [-0.1, -0.05) is 6.07 Å². The van der Waals surface area contributed by atoms with Gasteiger partial charge in [0.25, 0.3) is 0 Å². The first kappa shape index (κ1) is 24.5. The van der Waals surface area contributed by atoms with Crippen molar-refractivity contribution in [3.63, 3.8) is 0 Å². The Morgan fingerprint density at radius 1 is 1.19 bits per heavy atom. The van der Waals surface area contributed by atoms with Crippen LogP contribution in [0.25, 0.3) is 22.3 Å². The lowest BCUT2D eigenvalue weighted by molar-refractivity contribution is -0.137. The predicted molar refractivity (Wildman–Crippen MR) is 133 cm³/mol. The number of rotatable bonds is 6. The number of alkyl halides is 3. The van der Waals surface area contributed by atoms with Gasteiger partial charge in [-0.25, -0.2) is 19.9 Å². The minimum absolute atomic E-state index is 0.136. The van der Waals surface area contributed by atoms with Gasteiger partial charge in [-0.05, 0) is 38.2 Å². The monoisotopic (exact) mass is 507 g/mol. The lowest BCUT2D eigenvalue weighted by Gasteiger charge is -2.21. The molecule has 1 atom stereocenters. The van der Waals surface area contributed by atoms with Crippen molar-refractivity contribution in [3.05, 3.63) is 59.7 Å². The second-order valence-electron chi connectivity index (χ2n) is 9.12. The van der Waals surface area contributed by atoms with Crippen molar-refractivity contribution in [2.24, 2.45) is 0 Å². The zero-order valence-corrected chi connectivity index (χ0v) is 20.2. The van der Waals surface area contributed by atoms with Crippen LogP contribution in [-0.2, 0) is 12.7 Å². The third-order valence-electron chi connectivity index (χ3n) is 6.50. The summed E-state index contributed by atoms with van der Waals surface area (Å²) in [5.74, 6) is 1.16. The number of aromatic amines is 1. The average molecular weight is 508 g/mol. The van der Waals surface area contributed by atoms with Crippen molar-refractivity contribution >= 4 is 22.8 Å². The molecule has 0 radical (unpaired) electrons. The highest BCUT2D eigenvalue weighted by Crippen LogP contribution is 2.34. The molecule has 1 aliphatic rings. The molecule has 9 nitrogen and oxygen atoms in total. The summed E-state index contributed by atoms with van der Waals surface area (Å²) in [5, 5.41) is 12.9. The largest absolute Gasteiger partial charge is 0.417 e. The van der Waals surface area contributed by atoms with Crippen LogP contribution < -0.4 is 10.2 Å². The first-order valence-electron chi connectivity index (χ1n) is 11.6. The molecule has 0 amide bonds. The predicted octanol–water partition coefficient (Wildman–Crippen LogP) is 4.06. The smallest absolute Gasteiger partial charge is 0.355 e. The van der Waals surface area contributed by atoms with Gasteiger partial charge in [0.15, 0.2) is 0 Å². The maximum Gasteiger partial charge on any atom is 0.417 e. The zero-order valence-electron chi connectivity index (χ0n) is 20.2. The Hall–Kier alpha value is -4.24. The van der Waals surface area contributed by atoms with Crippen molar-refractivity contribution in [1.29, 1.82) is 5.26 Å². The Balaban J connectivity index is 1.35. The summed E-state index contributed by atoms with van der Waals surface area (Å²) >= 11 is 0. The summed E-state index contributed by atoms with van der Waals surface area (Å²) in [7, 11) is 4.17. The van der Waals surface area contributed by atoms with Crippen molar-refractivity contribution in [1.82, 2.24) is 29.8 Å². The lowest BCUT2D eigenvalue weighted by Crippen LogP contribution is -2.31. The molecule has 37 heavy (non-hydrogen) atoms. The van der Waals surface area contributed by atoms with Crippen LogP contribution in [0, 0.1) is 11.3 Å². The first-order chi connectivity index (χ1) is 17.7. The van der Waals surface area contributed by atoms with E-state index in [1.807, 2.05) is 18.2 Å². The molecule has 0 aliphatic carbocycles. The van der Waals surface area contributed by atoms with Crippen molar-refractivity contribution in [3.8, 4) is 17.3 Å². The molecule has 2 N–H and O–H groups in total. The van der Waals surface area contributed by atoms with Gasteiger partial charge >= 0.3 is 6.18 Å². The fourth-order valence-electron chi connectivity index (χ4n) is 4.37. The maximum absolute atomic E-state index is 13.2. The standard InChI is InChI=1S/C25H24F3N9/c1-36(2)18-5-6-37(14-18)21-4-3-15(9-30-21)10-33-24-34-11-16(8-29)22(35-24)20-13-32-23-19(20)7-17(12-31-23)25(26,27)28/h3-4,7,9,11-13,18H,5-6,10,14H2,1-2H3,(H,31,32)(H,33,34,35)/t18-/m1/s1. The summed E-state index contributed by atoms with van der Waals surface area (Å²) in [6.07, 6.45) is 1.95. The lowest BCUT2D eigenvalue weighted by atomic mass is 10.1. The number of fused-ring (bicyclic) bond motifs is 1. The molecule has 0 aromatic carbocycles. The van der Waals surface area contributed by atoms with Gasteiger partial charge in [0.05, 0.1) is 23.0 Å². The molecule has 5 rings (SSSR count). The number of nitrogens with zero attached hydrogens (tertiary/aromatic N) is 7. The number of aromatic nitrogens is 5. The molecule has 12 heteroatoms. The van der Waals surface area contributed by atoms with E-state index in [0.717, 1.165) is 43.2 Å². The van der Waals surface area contributed by atoms with E-state index in [-0.39, 0.29) is 28.2 Å². The molecule has 0 spiro atoms. The Labute approximate surface area is 211 Å². The summed E-state index contributed by atoms with van der Waals surface area (Å²) in [4.78, 5) is 24.4. The molecule has 190 valence electrons. The highest BCUT2D eigenvalue weighted by molar-refractivity contribution is 5.94. The van der Waals surface area contributed by atoms with Crippen LogP contribution in [0.1, 0.15) is 23.1 Å². The van der Waals surface area contributed by atoms with Gasteiger partial charge in [0, 0.05) is 55.2 Å². The Morgan fingerprint density at radius 2 is 2.03 bits per heavy atom. The number of pyridine rings is 2. The molecule has 4 aromatic heterocycles. The van der Waals surface area contributed by atoms with Crippen LogP contribution >= 0.6 is 0 Å². The van der Waals surface area contributed by atoms with Gasteiger partial charge in [-0.15, -0.1) is 0 Å². The van der Waals surface area contributed by atoms with Gasteiger partial charge in [0.2, 0.25) is 5.95 Å². The highest BCUT2D eigenvalue weighted by atomic mass is 19.4. The molecule has 1 fully saturated rings. The SMILES string of the molecule is CN(C)[C@@H]1CCN(c2ccc(CNc3ncc(C#N)c(-c4c[nH]c5ncc(C(F)(F)F)cc45)n3)cn2)C1. The number of hydrogen-bond donors (Lipinski definition) is 2. The van der Waals surface area contributed by atoms with Gasteiger partial charge in [-0.3, -0.25) is 0 Å². The van der Waals surface area contributed by atoms with E-state index in [2.05, 4.69) is 54.1 Å². The summed E-state index contributed by atoms with van der Waals surface area (Å²) in [5.41, 5.74) is 0.979. The van der Waals surface area contributed by atoms with E-state index in [4.69, 9.17) is 0 Å². The van der Waals surface area contributed by atoms with E-state index < -0.39 is 11.7 Å². The molecular weight excluding hydrogens is 483 g/mol. The normalized spacial score (nSPS) is 15.9. The Kier molecular flexibility index (Phi) is 6.39. The summed E-state index contributed by atoms with van der Waals surface area (Å²) in [6, 6.07) is 7.48. The molecule has 0 bridgehead atoms. The van der Waals surface area contributed by atoms with Crippen LogP contribution in [0.15, 0.2) is 43.0 Å². The number of nitrogens with one attached hydrogen (secondary N) is 2. The number of likely N-dealkylation sites (N-methyl/N-ethyl adjacent to an activating group) is 1. The minimum atomic E-state index is -4.54. The van der Waals surface area contributed by atoms with Gasteiger partial charge in [0.1, 0.15) is 17.5 Å². The van der Waals surface area contributed by atoms with E-state index in [1.54, 1.807) is 6.20 Å². The van der Waals surface area contributed by atoms with Crippen molar-refractivity contribution < 1.29 is 13.2 Å². The third-order valence-corrected chi connectivity index (χ3v) is 6.50. The fourth-order valence-corrected chi connectivity index (χ4v) is 4.37. The second-order valence-corrected chi connectivity index (χ2v) is 9.12. The maximum atomic E-state index is 13.2. The molecule has 5 heterocycles. The average Bonchev–Trinajstić information content (AvgIpc) is 3.55. The van der Waals surface area contributed by atoms with Crippen LogP contribution in [0.5, 0.6) is 0 Å². The topological polar surface area (TPSA) is 110 Å². The Morgan fingerprint density at radius 3 is 2.70 bits per heavy atom. The summed E-state index contributed by atoms with van der Waals surface area (Å²) in [6.45, 7) is 2.28. The van der Waals surface area contributed by atoms with Gasteiger partial charge < -0.3 is 20.1 Å². The van der Waals surface area contributed by atoms with Crippen molar-refractivity contribution in [2.75, 3.05) is 37.4 Å². The number of halogens is 3. The van der Waals surface area contributed by atoms with Crippen LogP contribution in [-0.4, -0.2) is 63.0 Å². The number of anilines is 2. The highest BCUT2D eigenvalue weighted by Gasteiger charge is 2.32. The minimum Gasteiger partial charge on any atom is -0.355 e. The van der Waals surface area contributed by atoms with Crippen LogP contribution in [0.4, 0.5) is 24.9 Å². The number of H-pyrrole nitrogens is 1. The molecule has 1 aliphatic heterocycles. The molecular formula is C25H24F3N9. The van der Waals surface area contributed by atoms with Crippen LogP contribution in [0.2, 0.25) is 0 Å². The van der Waals surface area contributed by atoms with Crippen LogP contribution in [0.3, 0.4) is 0 Å². The second kappa shape index (κ2) is 9.67. The molecule has 1 saturated heterocycles. The molecule has 0 saturated carbocycles. The van der Waals surface area contributed by atoms with E-state index in [1.165, 1.54) is 12.4 Å². The van der Waals surface area contributed by atoms with E-state index >= 15 is 0 Å². The van der Waals surface area contributed by atoms with Crippen molar-refractivity contribution in [2.45, 2.75) is 25.2 Å². The van der Waals surface area contributed by atoms with E-state index in [9.17, 15) is 18.4 Å². The molecule has 4 aromatic rings. The number of hydrogen-bond acceptors (Lipinski definition) is 8. The van der Waals surface area contributed by atoms with E-state index in [0.29, 0.717) is 18.2 Å². The van der Waals surface area contributed by atoms with Gasteiger partial charge in [-0.2, -0.15) is 18.4 Å². The third kappa shape index (κ3) is 5.03. The first-order valence-corrected chi connectivity index (χ1v) is 11.6. The zero-order chi connectivity index (χ0) is 26.2. The summed E-state index contributed by atoms with van der Waals surface area (Å²) < 4.78 is 39.7. The number of nitriles is 1. The quantitative estimate of drug-likeness (QED) is 0.402. The molecule has 0 unspecified atom stereocenters.